The molecule has 0 bridgehead atoms. The Morgan fingerprint density at radius 1 is 1.29 bits per heavy atom. The predicted octanol–water partition coefficient (Wildman–Crippen LogP) is 0.779. The van der Waals surface area contributed by atoms with Gasteiger partial charge in [-0.3, -0.25) is 9.69 Å². The van der Waals surface area contributed by atoms with E-state index in [9.17, 15) is 9.59 Å². The number of nitrogens with one attached hydrogen (secondary N) is 1. The van der Waals surface area contributed by atoms with E-state index in [0.717, 1.165) is 25.1 Å². The van der Waals surface area contributed by atoms with Crippen molar-refractivity contribution >= 4 is 17.6 Å². The molecule has 2 heterocycles. The molecule has 1 aromatic rings. The highest BCUT2D eigenvalue weighted by molar-refractivity contribution is 5.97. The Morgan fingerprint density at radius 3 is 2.67 bits per heavy atom. The first-order valence-corrected chi connectivity index (χ1v) is 7.37. The van der Waals surface area contributed by atoms with Crippen molar-refractivity contribution in [3.8, 4) is 0 Å². The Labute approximate surface area is 123 Å². The molecule has 1 atom stereocenters. The largest absolute Gasteiger partial charge is 0.336 e. The molecule has 1 aromatic carbocycles. The van der Waals surface area contributed by atoms with Gasteiger partial charge in [-0.2, -0.15) is 0 Å². The molecule has 2 aliphatic heterocycles. The lowest BCUT2D eigenvalue weighted by atomic mass is 10.1. The van der Waals surface area contributed by atoms with E-state index in [1.165, 1.54) is 0 Å². The number of benzene rings is 1. The Hall–Kier alpha value is -2.08. The molecule has 3 amide bonds. The fourth-order valence-electron chi connectivity index (χ4n) is 3.02. The molecule has 6 heteroatoms. The summed E-state index contributed by atoms with van der Waals surface area (Å²) in [6.07, 6.45) is 1.99. The van der Waals surface area contributed by atoms with Gasteiger partial charge < -0.3 is 16.0 Å². The van der Waals surface area contributed by atoms with Crippen LogP contribution in [0.3, 0.4) is 0 Å². The van der Waals surface area contributed by atoms with Gasteiger partial charge in [0.2, 0.25) is 0 Å². The van der Waals surface area contributed by atoms with Gasteiger partial charge in [0.25, 0.3) is 5.91 Å². The van der Waals surface area contributed by atoms with Crippen LogP contribution in [-0.4, -0.2) is 49.1 Å². The second-order valence-electron chi connectivity index (χ2n) is 5.46. The quantitative estimate of drug-likeness (QED) is 0.862. The number of amides is 3. The first-order chi connectivity index (χ1) is 10.2. The van der Waals surface area contributed by atoms with Gasteiger partial charge in [0.1, 0.15) is 0 Å². The van der Waals surface area contributed by atoms with Crippen LogP contribution in [-0.2, 0) is 0 Å². The Balaban J connectivity index is 1.74. The third-order valence-corrected chi connectivity index (χ3v) is 4.19. The Morgan fingerprint density at radius 2 is 2.05 bits per heavy atom. The highest BCUT2D eigenvalue weighted by Gasteiger charge is 2.28. The van der Waals surface area contributed by atoms with Gasteiger partial charge in [-0.25, -0.2) is 4.79 Å². The number of carbonyl (C=O) groups is 2. The molecule has 0 radical (unpaired) electrons. The van der Waals surface area contributed by atoms with Crippen molar-refractivity contribution in [3.05, 3.63) is 29.8 Å². The van der Waals surface area contributed by atoms with Gasteiger partial charge in [0.05, 0.1) is 0 Å². The lowest BCUT2D eigenvalue weighted by Crippen LogP contribution is -2.39. The van der Waals surface area contributed by atoms with E-state index in [-0.39, 0.29) is 18.0 Å². The number of likely N-dealkylation sites (tertiary alicyclic amines) is 1. The van der Waals surface area contributed by atoms with Crippen LogP contribution in [0.5, 0.6) is 0 Å². The molecule has 1 unspecified atom stereocenters. The number of rotatable bonds is 3. The minimum Gasteiger partial charge on any atom is -0.336 e. The van der Waals surface area contributed by atoms with E-state index in [2.05, 4.69) is 5.32 Å². The summed E-state index contributed by atoms with van der Waals surface area (Å²) in [5.74, 6) is 0.0281. The number of anilines is 1. The van der Waals surface area contributed by atoms with Crippen molar-refractivity contribution in [1.29, 1.82) is 0 Å². The molecule has 2 saturated heterocycles. The molecule has 0 aliphatic carbocycles. The SMILES string of the molecule is NCC1CCCN1C(=O)c1ccc(N2CCNC2=O)cc1. The van der Waals surface area contributed by atoms with Gasteiger partial charge in [0.15, 0.2) is 0 Å². The third kappa shape index (κ3) is 2.58. The van der Waals surface area contributed by atoms with Crippen LogP contribution in [0.15, 0.2) is 24.3 Å². The zero-order chi connectivity index (χ0) is 14.8. The van der Waals surface area contributed by atoms with Crippen LogP contribution in [0.4, 0.5) is 10.5 Å². The van der Waals surface area contributed by atoms with Crippen molar-refractivity contribution in [2.45, 2.75) is 18.9 Å². The summed E-state index contributed by atoms with van der Waals surface area (Å²) in [6.45, 7) is 2.60. The summed E-state index contributed by atoms with van der Waals surface area (Å²) in [5, 5.41) is 2.76. The Kier molecular flexibility index (Phi) is 3.79. The second kappa shape index (κ2) is 5.73. The molecule has 0 aromatic heterocycles. The minimum atomic E-state index is -0.0863. The molecular formula is C15H20N4O2. The first-order valence-electron chi connectivity index (χ1n) is 7.37. The molecular weight excluding hydrogens is 268 g/mol. The molecule has 0 saturated carbocycles. The number of nitrogens with two attached hydrogens (primary N) is 1. The highest BCUT2D eigenvalue weighted by atomic mass is 16.2. The zero-order valence-corrected chi connectivity index (χ0v) is 11.9. The second-order valence-corrected chi connectivity index (χ2v) is 5.46. The number of hydrogen-bond donors (Lipinski definition) is 2. The van der Waals surface area contributed by atoms with Crippen molar-refractivity contribution in [2.75, 3.05) is 31.1 Å². The van der Waals surface area contributed by atoms with E-state index in [0.29, 0.717) is 25.2 Å². The standard InChI is InChI=1S/C15H20N4O2/c16-10-13-2-1-8-18(13)14(20)11-3-5-12(6-4-11)19-9-7-17-15(19)21/h3-6,13H,1-2,7-10,16H2,(H,17,21). The average molecular weight is 288 g/mol. The maximum atomic E-state index is 12.5. The summed E-state index contributed by atoms with van der Waals surface area (Å²) >= 11 is 0. The zero-order valence-electron chi connectivity index (χ0n) is 11.9. The summed E-state index contributed by atoms with van der Waals surface area (Å²) in [4.78, 5) is 27.6. The van der Waals surface area contributed by atoms with Crippen LogP contribution >= 0.6 is 0 Å². The summed E-state index contributed by atoms with van der Waals surface area (Å²) in [5.41, 5.74) is 7.19. The monoisotopic (exact) mass is 288 g/mol. The van der Waals surface area contributed by atoms with Gasteiger partial charge in [0, 0.05) is 43.5 Å². The van der Waals surface area contributed by atoms with Crippen LogP contribution in [0.2, 0.25) is 0 Å². The molecule has 3 N–H and O–H groups in total. The molecule has 6 nitrogen and oxygen atoms in total. The van der Waals surface area contributed by atoms with Crippen molar-refractivity contribution in [3.63, 3.8) is 0 Å². The van der Waals surface area contributed by atoms with Gasteiger partial charge >= 0.3 is 6.03 Å². The predicted molar refractivity (Wildman–Crippen MR) is 80.3 cm³/mol. The summed E-state index contributed by atoms with van der Waals surface area (Å²) in [7, 11) is 0. The fourth-order valence-corrected chi connectivity index (χ4v) is 3.02. The lowest BCUT2D eigenvalue weighted by molar-refractivity contribution is 0.0741. The Bertz CT molecular complexity index is 543. The summed E-state index contributed by atoms with van der Waals surface area (Å²) < 4.78 is 0. The van der Waals surface area contributed by atoms with Gasteiger partial charge in [-0.05, 0) is 37.1 Å². The number of hydrogen-bond acceptors (Lipinski definition) is 3. The van der Waals surface area contributed by atoms with Gasteiger partial charge in [-0.15, -0.1) is 0 Å². The number of carbonyl (C=O) groups excluding carboxylic acids is 2. The van der Waals surface area contributed by atoms with Crippen LogP contribution in [0, 0.1) is 0 Å². The van der Waals surface area contributed by atoms with Crippen molar-refractivity contribution in [1.82, 2.24) is 10.2 Å². The topological polar surface area (TPSA) is 78.7 Å². The normalized spacial score (nSPS) is 21.8. The van der Waals surface area contributed by atoms with Crippen LogP contribution in [0.25, 0.3) is 0 Å². The summed E-state index contributed by atoms with van der Waals surface area (Å²) in [6, 6.07) is 7.29. The first kappa shape index (κ1) is 13.9. The van der Waals surface area contributed by atoms with E-state index in [1.54, 1.807) is 17.0 Å². The fraction of sp³-hybridized carbons (Fsp3) is 0.467. The molecule has 3 rings (SSSR count). The molecule has 2 aliphatic rings. The number of urea groups is 1. The lowest BCUT2D eigenvalue weighted by Gasteiger charge is -2.23. The van der Waals surface area contributed by atoms with Gasteiger partial charge in [-0.1, -0.05) is 0 Å². The van der Waals surface area contributed by atoms with E-state index < -0.39 is 0 Å². The van der Waals surface area contributed by atoms with Crippen LogP contribution < -0.4 is 16.0 Å². The minimum absolute atomic E-state index is 0.0281. The smallest absolute Gasteiger partial charge is 0.321 e. The van der Waals surface area contributed by atoms with Crippen LogP contribution in [0.1, 0.15) is 23.2 Å². The van der Waals surface area contributed by atoms with E-state index in [4.69, 9.17) is 5.73 Å². The third-order valence-electron chi connectivity index (χ3n) is 4.19. The van der Waals surface area contributed by atoms with Crippen molar-refractivity contribution in [2.24, 2.45) is 5.73 Å². The molecule has 21 heavy (non-hydrogen) atoms. The van der Waals surface area contributed by atoms with E-state index in [1.807, 2.05) is 17.0 Å². The highest BCUT2D eigenvalue weighted by Crippen LogP contribution is 2.22. The average Bonchev–Trinajstić information content (AvgIpc) is 3.15. The van der Waals surface area contributed by atoms with Crippen molar-refractivity contribution < 1.29 is 9.59 Å². The number of nitrogens with zero attached hydrogens (tertiary/aromatic N) is 2. The maximum absolute atomic E-state index is 12.5. The maximum Gasteiger partial charge on any atom is 0.321 e. The molecule has 112 valence electrons. The molecule has 0 spiro atoms. The van der Waals surface area contributed by atoms with E-state index >= 15 is 0 Å². The molecule has 2 fully saturated rings.